The lowest BCUT2D eigenvalue weighted by Crippen LogP contribution is -2.17. The van der Waals surface area contributed by atoms with Crippen molar-refractivity contribution in [3.63, 3.8) is 0 Å². The lowest BCUT2D eigenvalue weighted by Gasteiger charge is -2.10. The minimum Gasteiger partial charge on any atom is -0.168 e. The summed E-state index contributed by atoms with van der Waals surface area (Å²) in [4.78, 5) is 10.7. The van der Waals surface area contributed by atoms with Crippen LogP contribution in [0.2, 0.25) is 0 Å². The lowest BCUT2D eigenvalue weighted by atomic mass is 10.2. The van der Waals surface area contributed by atoms with Gasteiger partial charge < -0.3 is 0 Å². The molecule has 0 saturated carbocycles. The molecule has 2 nitrogen and oxygen atoms in total. The Kier molecular flexibility index (Phi) is 2.70. The molecule has 72 valence electrons. The molecule has 0 fully saturated rings. The van der Waals surface area contributed by atoms with Crippen LogP contribution in [0.15, 0.2) is 17.3 Å². The largest absolute Gasteiger partial charge is 0.419 e. The summed E-state index contributed by atoms with van der Waals surface area (Å²) >= 11 is 0.934. The summed E-state index contributed by atoms with van der Waals surface area (Å²) in [5.74, 6) is 0. The molecule has 1 aromatic rings. The average Bonchev–Trinajstić information content (AvgIpc) is 2.34. The second-order valence-corrected chi connectivity index (χ2v) is 3.82. The molecule has 0 bridgehead atoms. The molecule has 0 amide bonds. The van der Waals surface area contributed by atoms with Crippen molar-refractivity contribution in [2.24, 2.45) is 5.18 Å². The zero-order valence-electron chi connectivity index (χ0n) is 6.63. The van der Waals surface area contributed by atoms with Crippen LogP contribution in [0.1, 0.15) is 15.8 Å². The fourth-order valence-corrected chi connectivity index (χ4v) is 1.81. The van der Waals surface area contributed by atoms with Crippen LogP contribution in [0.25, 0.3) is 0 Å². The highest BCUT2D eigenvalue weighted by atomic mass is 32.1. The van der Waals surface area contributed by atoms with E-state index in [4.69, 9.17) is 0 Å². The summed E-state index contributed by atoms with van der Waals surface area (Å²) in [7, 11) is 0. The fraction of sp³-hybridized carbons (Fsp3) is 0.429. The van der Waals surface area contributed by atoms with E-state index in [1.54, 1.807) is 6.92 Å². The van der Waals surface area contributed by atoms with Crippen LogP contribution in [0, 0.1) is 11.8 Å². The first-order valence-electron chi connectivity index (χ1n) is 3.40. The zero-order valence-corrected chi connectivity index (χ0v) is 7.45. The molecule has 0 aliphatic rings. The molecule has 13 heavy (non-hydrogen) atoms. The predicted molar refractivity (Wildman–Crippen MR) is 43.6 cm³/mol. The Hall–Kier alpha value is -0.910. The Labute approximate surface area is 76.4 Å². The van der Waals surface area contributed by atoms with Crippen LogP contribution in [0.5, 0.6) is 0 Å². The molecule has 0 N–H and O–H groups in total. The maximum atomic E-state index is 12.1. The smallest absolute Gasteiger partial charge is 0.168 e. The van der Waals surface area contributed by atoms with Gasteiger partial charge >= 0.3 is 6.18 Å². The van der Waals surface area contributed by atoms with Crippen LogP contribution in [-0.4, -0.2) is 6.18 Å². The van der Waals surface area contributed by atoms with Gasteiger partial charge in [0.2, 0.25) is 6.04 Å². The van der Waals surface area contributed by atoms with Gasteiger partial charge in [-0.3, -0.25) is 0 Å². The summed E-state index contributed by atoms with van der Waals surface area (Å²) in [6, 6.07) is 0.593. The molecule has 1 rings (SSSR count). The second kappa shape index (κ2) is 3.45. The molecule has 0 radical (unpaired) electrons. The SMILES string of the molecule is Cc1ccc(C(N=O)C(F)(F)F)s1. The summed E-state index contributed by atoms with van der Waals surface area (Å²) in [6.07, 6.45) is -4.58. The topological polar surface area (TPSA) is 29.4 Å². The maximum absolute atomic E-state index is 12.1. The Balaban J connectivity index is 2.97. The lowest BCUT2D eigenvalue weighted by molar-refractivity contribution is -0.148. The van der Waals surface area contributed by atoms with Crippen LogP contribution in [0.3, 0.4) is 0 Å². The van der Waals surface area contributed by atoms with Crippen LogP contribution < -0.4 is 0 Å². The number of hydrogen-bond donors (Lipinski definition) is 0. The van der Waals surface area contributed by atoms with Crippen molar-refractivity contribution in [2.75, 3.05) is 0 Å². The number of alkyl halides is 3. The molecular weight excluding hydrogens is 203 g/mol. The fourth-order valence-electron chi connectivity index (χ4n) is 0.873. The Morgan fingerprint density at radius 1 is 1.46 bits per heavy atom. The van der Waals surface area contributed by atoms with Crippen molar-refractivity contribution in [1.29, 1.82) is 0 Å². The third-order valence-corrected chi connectivity index (χ3v) is 2.50. The molecule has 0 spiro atoms. The van der Waals surface area contributed by atoms with E-state index in [9.17, 15) is 18.1 Å². The number of rotatable bonds is 2. The number of aryl methyl sites for hydroxylation is 1. The number of nitroso groups, excluding NO2 is 1. The van der Waals surface area contributed by atoms with Gasteiger partial charge in [0.15, 0.2) is 0 Å². The minimum atomic E-state index is -4.58. The normalized spacial score (nSPS) is 14.2. The van der Waals surface area contributed by atoms with Gasteiger partial charge in [-0.15, -0.1) is 16.2 Å². The molecule has 0 aliphatic heterocycles. The highest BCUT2D eigenvalue weighted by Gasteiger charge is 2.43. The average molecular weight is 209 g/mol. The van der Waals surface area contributed by atoms with E-state index >= 15 is 0 Å². The number of halogens is 3. The van der Waals surface area contributed by atoms with Crippen molar-refractivity contribution in [3.8, 4) is 0 Å². The quantitative estimate of drug-likeness (QED) is 0.686. The Morgan fingerprint density at radius 2 is 2.08 bits per heavy atom. The third kappa shape index (κ3) is 2.27. The van der Waals surface area contributed by atoms with Crippen molar-refractivity contribution in [3.05, 3.63) is 26.8 Å². The monoisotopic (exact) mass is 209 g/mol. The standard InChI is InChI=1S/C7H6F3NOS/c1-4-2-3-5(13-4)6(11-12)7(8,9)10/h2-3,6H,1H3. The van der Waals surface area contributed by atoms with Crippen molar-refractivity contribution in [1.82, 2.24) is 0 Å². The van der Waals surface area contributed by atoms with Crippen molar-refractivity contribution in [2.45, 2.75) is 19.1 Å². The molecule has 1 atom stereocenters. The second-order valence-electron chi connectivity index (χ2n) is 2.50. The van der Waals surface area contributed by atoms with E-state index < -0.39 is 12.2 Å². The van der Waals surface area contributed by atoms with Gasteiger partial charge in [-0.05, 0) is 19.1 Å². The zero-order chi connectivity index (χ0) is 10.1. The Bertz CT molecular complexity index is 307. The first kappa shape index (κ1) is 10.2. The van der Waals surface area contributed by atoms with Gasteiger partial charge in [0, 0.05) is 9.75 Å². The van der Waals surface area contributed by atoms with Gasteiger partial charge in [0.05, 0.1) is 0 Å². The van der Waals surface area contributed by atoms with Gasteiger partial charge in [0.1, 0.15) is 0 Å². The van der Waals surface area contributed by atoms with E-state index in [1.165, 1.54) is 12.1 Å². The summed E-state index contributed by atoms with van der Waals surface area (Å²) in [5.41, 5.74) is 0. The third-order valence-electron chi connectivity index (χ3n) is 1.45. The first-order chi connectivity index (χ1) is 5.95. The van der Waals surface area contributed by atoms with E-state index in [-0.39, 0.29) is 4.88 Å². The van der Waals surface area contributed by atoms with E-state index in [0.717, 1.165) is 16.2 Å². The van der Waals surface area contributed by atoms with E-state index in [2.05, 4.69) is 5.18 Å². The van der Waals surface area contributed by atoms with Crippen molar-refractivity contribution >= 4 is 11.3 Å². The predicted octanol–water partition coefficient (Wildman–Crippen LogP) is 3.43. The van der Waals surface area contributed by atoms with Crippen LogP contribution in [-0.2, 0) is 0 Å². The molecule has 1 heterocycles. The highest BCUT2D eigenvalue weighted by molar-refractivity contribution is 7.12. The Morgan fingerprint density at radius 3 is 2.38 bits per heavy atom. The minimum absolute atomic E-state index is 0.0556. The van der Waals surface area contributed by atoms with Crippen LogP contribution >= 0.6 is 11.3 Å². The van der Waals surface area contributed by atoms with Gasteiger partial charge in [-0.25, -0.2) is 0 Å². The van der Waals surface area contributed by atoms with Crippen LogP contribution in [0.4, 0.5) is 13.2 Å². The van der Waals surface area contributed by atoms with E-state index in [0.29, 0.717) is 0 Å². The summed E-state index contributed by atoms with van der Waals surface area (Å²) < 4.78 is 36.4. The highest BCUT2D eigenvalue weighted by Crippen LogP contribution is 2.38. The molecule has 0 aliphatic carbocycles. The van der Waals surface area contributed by atoms with Gasteiger partial charge in [-0.1, -0.05) is 5.18 Å². The van der Waals surface area contributed by atoms with Crippen molar-refractivity contribution < 1.29 is 13.2 Å². The molecule has 0 saturated heterocycles. The van der Waals surface area contributed by atoms with Gasteiger partial charge in [-0.2, -0.15) is 13.2 Å². The maximum Gasteiger partial charge on any atom is 0.419 e. The number of thiophene rings is 1. The molecule has 0 aromatic carbocycles. The molecule has 1 unspecified atom stereocenters. The summed E-state index contributed by atoms with van der Waals surface area (Å²) in [6.45, 7) is 1.67. The number of hydrogen-bond acceptors (Lipinski definition) is 3. The first-order valence-corrected chi connectivity index (χ1v) is 4.22. The molecular formula is C7H6F3NOS. The van der Waals surface area contributed by atoms with Gasteiger partial charge in [0.25, 0.3) is 0 Å². The van der Waals surface area contributed by atoms with E-state index in [1.807, 2.05) is 0 Å². The number of nitrogens with zero attached hydrogens (tertiary/aromatic N) is 1. The molecule has 1 aromatic heterocycles. The summed E-state index contributed by atoms with van der Waals surface area (Å²) in [5, 5.41) is 2.08. The molecule has 6 heteroatoms.